The van der Waals surface area contributed by atoms with Gasteiger partial charge in [0.05, 0.1) is 11.6 Å². The van der Waals surface area contributed by atoms with E-state index < -0.39 is 0 Å². The van der Waals surface area contributed by atoms with E-state index in [4.69, 9.17) is 10.5 Å². The van der Waals surface area contributed by atoms with E-state index >= 15 is 0 Å². The number of carbonyl (C=O) groups excluding carboxylic acids is 1. The Kier molecular flexibility index (Phi) is 4.62. The highest BCUT2D eigenvalue weighted by atomic mass is 16.5. The van der Waals surface area contributed by atoms with Gasteiger partial charge in [-0.25, -0.2) is 9.97 Å². The van der Waals surface area contributed by atoms with Gasteiger partial charge >= 0.3 is 0 Å². The summed E-state index contributed by atoms with van der Waals surface area (Å²) in [6, 6.07) is 3.57. The van der Waals surface area contributed by atoms with E-state index in [-0.39, 0.29) is 17.9 Å². The number of benzene rings is 1. The van der Waals surface area contributed by atoms with E-state index in [0.717, 1.165) is 31.2 Å². The Morgan fingerprint density at radius 3 is 2.67 bits per heavy atom. The first kappa shape index (κ1) is 17.3. The van der Waals surface area contributed by atoms with Gasteiger partial charge in [-0.3, -0.25) is 15.1 Å². The molecule has 1 aliphatic rings. The molecule has 0 spiro atoms. The second-order valence-electron chi connectivity index (χ2n) is 6.89. The first-order chi connectivity index (χ1) is 13.1. The Morgan fingerprint density at radius 2 is 1.93 bits per heavy atom. The molecule has 1 saturated carbocycles. The van der Waals surface area contributed by atoms with E-state index in [1.165, 1.54) is 0 Å². The molecule has 1 aliphatic carbocycles. The predicted molar refractivity (Wildman–Crippen MR) is 102 cm³/mol. The third kappa shape index (κ3) is 3.69. The number of nitrogen functional groups attached to an aromatic ring is 1. The van der Waals surface area contributed by atoms with Crippen LogP contribution < -0.4 is 15.8 Å². The molecule has 4 rings (SSSR count). The minimum Gasteiger partial charge on any atom is -0.488 e. The molecule has 0 radical (unpaired) electrons. The van der Waals surface area contributed by atoms with Crippen LogP contribution in [0.25, 0.3) is 11.0 Å². The van der Waals surface area contributed by atoms with Crippen molar-refractivity contribution >= 4 is 28.6 Å². The quantitative estimate of drug-likeness (QED) is 0.687. The second-order valence-corrected chi connectivity index (χ2v) is 6.89. The van der Waals surface area contributed by atoms with Crippen LogP contribution in [0.5, 0.6) is 5.75 Å². The van der Waals surface area contributed by atoms with E-state index in [2.05, 4.69) is 20.3 Å². The van der Waals surface area contributed by atoms with Gasteiger partial charge in [0.15, 0.2) is 0 Å². The Bertz CT molecular complexity index is 962. The number of anilines is 2. The van der Waals surface area contributed by atoms with Crippen LogP contribution in [0.2, 0.25) is 0 Å². The predicted octanol–water partition coefficient (Wildman–Crippen LogP) is 2.52. The number of carbonyl (C=O) groups is 1. The molecule has 0 aliphatic heterocycles. The molecule has 0 bridgehead atoms. The molecule has 2 aromatic heterocycles. The number of aryl methyl sites for hydroxylation is 1. The van der Waals surface area contributed by atoms with Crippen molar-refractivity contribution in [3.63, 3.8) is 0 Å². The normalized spacial score (nSPS) is 19.7. The average molecular weight is 366 g/mol. The molecule has 1 amide bonds. The maximum atomic E-state index is 12.5. The van der Waals surface area contributed by atoms with Gasteiger partial charge in [-0.1, -0.05) is 0 Å². The lowest BCUT2D eigenvalue weighted by Crippen LogP contribution is -2.31. The van der Waals surface area contributed by atoms with Crippen LogP contribution in [-0.4, -0.2) is 31.5 Å². The van der Waals surface area contributed by atoms with Gasteiger partial charge in [0.25, 0.3) is 0 Å². The molecule has 0 atom stereocenters. The van der Waals surface area contributed by atoms with Crippen molar-refractivity contribution in [2.75, 3.05) is 11.1 Å². The zero-order chi connectivity index (χ0) is 18.8. The number of nitrogens with two attached hydrogens (primary N) is 1. The number of imidazole rings is 1. The van der Waals surface area contributed by atoms with Crippen LogP contribution in [0.1, 0.15) is 25.7 Å². The van der Waals surface area contributed by atoms with Crippen molar-refractivity contribution in [1.29, 1.82) is 0 Å². The molecule has 0 unspecified atom stereocenters. The first-order valence-corrected chi connectivity index (χ1v) is 9.05. The van der Waals surface area contributed by atoms with Gasteiger partial charge in [0.2, 0.25) is 11.9 Å². The average Bonchev–Trinajstić information content (AvgIpc) is 3.07. The summed E-state index contributed by atoms with van der Waals surface area (Å²) in [5.41, 5.74) is 7.99. The number of hydrogen-bond donors (Lipinski definition) is 2. The van der Waals surface area contributed by atoms with E-state index in [0.29, 0.717) is 22.9 Å². The zero-order valence-corrected chi connectivity index (χ0v) is 15.1. The van der Waals surface area contributed by atoms with Crippen LogP contribution in [-0.2, 0) is 11.8 Å². The Balaban J connectivity index is 1.39. The van der Waals surface area contributed by atoms with Crippen molar-refractivity contribution in [2.45, 2.75) is 31.8 Å². The van der Waals surface area contributed by atoms with Crippen LogP contribution >= 0.6 is 0 Å². The molecule has 1 aromatic carbocycles. The highest BCUT2D eigenvalue weighted by Gasteiger charge is 2.28. The second kappa shape index (κ2) is 7.22. The standard InChI is InChI=1S/C19H22N6O2/c1-25-9-8-23-19(25)24-18(26)12-2-4-14(5-3-12)27-16-11-13(20)10-15-17(16)22-7-6-21-15/h6-12,14H,2-5,20H2,1H3,(H,23,24,26). The van der Waals surface area contributed by atoms with Crippen molar-refractivity contribution in [3.8, 4) is 5.75 Å². The molecule has 0 saturated heterocycles. The van der Waals surface area contributed by atoms with Crippen LogP contribution in [0.3, 0.4) is 0 Å². The number of amides is 1. The number of ether oxygens (including phenoxy) is 1. The van der Waals surface area contributed by atoms with Gasteiger partial charge in [-0.2, -0.15) is 0 Å². The summed E-state index contributed by atoms with van der Waals surface area (Å²) in [4.78, 5) is 25.3. The summed E-state index contributed by atoms with van der Waals surface area (Å²) in [5.74, 6) is 1.21. The van der Waals surface area contributed by atoms with Crippen molar-refractivity contribution in [3.05, 3.63) is 36.9 Å². The molecule has 8 nitrogen and oxygen atoms in total. The van der Waals surface area contributed by atoms with Gasteiger partial charge in [-0.15, -0.1) is 0 Å². The van der Waals surface area contributed by atoms with Gasteiger partial charge < -0.3 is 15.0 Å². The van der Waals surface area contributed by atoms with Gasteiger partial charge in [0, 0.05) is 49.5 Å². The van der Waals surface area contributed by atoms with Crippen molar-refractivity contribution < 1.29 is 9.53 Å². The lowest BCUT2D eigenvalue weighted by molar-refractivity contribution is -0.121. The number of hydrogen-bond acceptors (Lipinski definition) is 6. The maximum absolute atomic E-state index is 12.5. The third-order valence-electron chi connectivity index (χ3n) is 4.96. The molecule has 8 heteroatoms. The summed E-state index contributed by atoms with van der Waals surface area (Å²) in [6.07, 6.45) is 9.93. The molecule has 3 aromatic rings. The Hall–Kier alpha value is -3.16. The molecule has 27 heavy (non-hydrogen) atoms. The number of aromatic nitrogens is 4. The monoisotopic (exact) mass is 366 g/mol. The fourth-order valence-corrected chi connectivity index (χ4v) is 3.47. The molecule has 2 heterocycles. The topological polar surface area (TPSA) is 108 Å². The fraction of sp³-hybridized carbons (Fsp3) is 0.368. The highest BCUT2D eigenvalue weighted by Crippen LogP contribution is 2.32. The lowest BCUT2D eigenvalue weighted by atomic mass is 9.87. The lowest BCUT2D eigenvalue weighted by Gasteiger charge is -2.28. The van der Waals surface area contributed by atoms with E-state index in [9.17, 15) is 4.79 Å². The van der Waals surface area contributed by atoms with Crippen LogP contribution in [0, 0.1) is 5.92 Å². The number of fused-ring (bicyclic) bond motifs is 1. The Morgan fingerprint density at radius 1 is 1.15 bits per heavy atom. The maximum Gasteiger partial charge on any atom is 0.229 e. The zero-order valence-electron chi connectivity index (χ0n) is 15.1. The largest absolute Gasteiger partial charge is 0.488 e. The van der Waals surface area contributed by atoms with Crippen molar-refractivity contribution in [1.82, 2.24) is 19.5 Å². The first-order valence-electron chi connectivity index (χ1n) is 9.05. The van der Waals surface area contributed by atoms with Crippen LogP contribution in [0.4, 0.5) is 11.6 Å². The minimum atomic E-state index is -0.0288. The minimum absolute atomic E-state index is 0.0167. The summed E-state index contributed by atoms with van der Waals surface area (Å²) in [5, 5.41) is 2.89. The molecule has 140 valence electrons. The highest BCUT2D eigenvalue weighted by molar-refractivity contribution is 5.91. The molecular weight excluding hydrogens is 344 g/mol. The summed E-state index contributed by atoms with van der Waals surface area (Å²) in [7, 11) is 1.85. The summed E-state index contributed by atoms with van der Waals surface area (Å²) >= 11 is 0. The van der Waals surface area contributed by atoms with Gasteiger partial charge in [0.1, 0.15) is 11.3 Å². The van der Waals surface area contributed by atoms with Gasteiger partial charge in [-0.05, 0) is 31.7 Å². The van der Waals surface area contributed by atoms with Crippen LogP contribution in [0.15, 0.2) is 36.9 Å². The fourth-order valence-electron chi connectivity index (χ4n) is 3.47. The Labute approximate surface area is 156 Å². The molecule has 3 N–H and O–H groups in total. The number of nitrogens with zero attached hydrogens (tertiary/aromatic N) is 4. The SMILES string of the molecule is Cn1ccnc1NC(=O)C1CCC(Oc2cc(N)cc3nccnc23)CC1. The number of nitrogens with one attached hydrogen (secondary N) is 1. The summed E-state index contributed by atoms with van der Waals surface area (Å²) in [6.45, 7) is 0. The smallest absolute Gasteiger partial charge is 0.229 e. The van der Waals surface area contributed by atoms with E-state index in [1.54, 1.807) is 41.5 Å². The summed E-state index contributed by atoms with van der Waals surface area (Å²) < 4.78 is 7.96. The third-order valence-corrected chi connectivity index (χ3v) is 4.96. The van der Waals surface area contributed by atoms with Crippen molar-refractivity contribution in [2.24, 2.45) is 13.0 Å². The molecule has 1 fully saturated rings. The number of rotatable bonds is 4. The molecular formula is C19H22N6O2. The van der Waals surface area contributed by atoms with E-state index in [1.807, 2.05) is 7.05 Å².